The average molecular weight is 541 g/mol. The van der Waals surface area contributed by atoms with Gasteiger partial charge in [-0.15, -0.1) is 0 Å². The second kappa shape index (κ2) is 11.6. The van der Waals surface area contributed by atoms with Crippen LogP contribution in [0.2, 0.25) is 5.02 Å². The summed E-state index contributed by atoms with van der Waals surface area (Å²) in [6.45, 7) is 0.686. The summed E-state index contributed by atoms with van der Waals surface area (Å²) in [6.07, 6.45) is 1.55. The molecule has 0 spiro atoms. The summed E-state index contributed by atoms with van der Waals surface area (Å²) >= 11 is 6.20. The van der Waals surface area contributed by atoms with Crippen molar-refractivity contribution >= 4 is 35.2 Å². The molecule has 0 atom stereocenters. The van der Waals surface area contributed by atoms with Crippen LogP contribution < -0.4 is 9.47 Å². The number of benzene rings is 4. The van der Waals surface area contributed by atoms with Crippen LogP contribution in [-0.2, 0) is 22.7 Å². The summed E-state index contributed by atoms with van der Waals surface area (Å²) in [5, 5.41) is 11.1. The number of hydrogen-bond acceptors (Lipinski definition) is 7. The number of carbonyl (C=O) groups excluding carboxylic acids is 1. The predicted octanol–water partition coefficient (Wildman–Crippen LogP) is 6.75. The molecule has 0 aromatic heterocycles. The summed E-state index contributed by atoms with van der Waals surface area (Å²) in [4.78, 5) is 27.4. The van der Waals surface area contributed by atoms with Crippen LogP contribution in [0, 0.1) is 10.1 Å². The van der Waals surface area contributed by atoms with Crippen molar-refractivity contribution in [2.45, 2.75) is 13.2 Å². The zero-order valence-electron chi connectivity index (χ0n) is 20.5. The van der Waals surface area contributed by atoms with Gasteiger partial charge in [-0.2, -0.15) is 0 Å². The Morgan fingerprint density at radius 1 is 0.872 bits per heavy atom. The lowest BCUT2D eigenvalue weighted by Gasteiger charge is -2.13. The normalized spacial score (nSPS) is 13.6. The van der Waals surface area contributed by atoms with Crippen LogP contribution >= 0.6 is 11.6 Å². The number of aliphatic imine (C=N–C) groups is 1. The second-order valence-corrected chi connectivity index (χ2v) is 8.91. The molecule has 0 radical (unpaired) electrons. The standard InChI is InChI=1S/C30H21ClN2O6/c31-26-16-23(33(35)36)12-14-25(26)29-32-27(30(34)39-29)15-22-11-13-24(37-18-20-7-3-1-4-8-20)17-28(22)38-19-21-9-5-2-6-10-21/h1-17H,18-19H2/b27-15+. The summed E-state index contributed by atoms with van der Waals surface area (Å²) < 4.78 is 17.4. The fourth-order valence-corrected chi connectivity index (χ4v) is 4.04. The van der Waals surface area contributed by atoms with E-state index >= 15 is 0 Å². The van der Waals surface area contributed by atoms with Gasteiger partial charge in [-0.25, -0.2) is 9.79 Å². The number of hydrogen-bond donors (Lipinski definition) is 0. The molecule has 9 heteroatoms. The summed E-state index contributed by atoms with van der Waals surface area (Å²) in [6, 6.07) is 28.6. The van der Waals surface area contributed by atoms with Gasteiger partial charge in [0.25, 0.3) is 5.69 Å². The van der Waals surface area contributed by atoms with Crippen molar-refractivity contribution in [3.05, 3.63) is 140 Å². The second-order valence-electron chi connectivity index (χ2n) is 8.51. The van der Waals surface area contributed by atoms with E-state index in [1.54, 1.807) is 24.3 Å². The number of esters is 1. The number of carbonyl (C=O) groups is 1. The molecule has 8 nitrogen and oxygen atoms in total. The molecule has 1 heterocycles. The maximum absolute atomic E-state index is 12.6. The van der Waals surface area contributed by atoms with Gasteiger partial charge < -0.3 is 14.2 Å². The van der Waals surface area contributed by atoms with Crippen LogP contribution in [0.3, 0.4) is 0 Å². The molecule has 0 saturated carbocycles. The number of halogens is 1. The zero-order chi connectivity index (χ0) is 27.2. The highest BCUT2D eigenvalue weighted by Crippen LogP contribution is 2.31. The summed E-state index contributed by atoms with van der Waals surface area (Å²) in [5.74, 6) is 0.361. The maximum Gasteiger partial charge on any atom is 0.363 e. The Morgan fingerprint density at radius 2 is 1.54 bits per heavy atom. The Labute approximate surface area is 228 Å². The molecule has 5 rings (SSSR count). The van der Waals surface area contributed by atoms with Gasteiger partial charge in [-0.3, -0.25) is 10.1 Å². The van der Waals surface area contributed by atoms with E-state index in [4.69, 9.17) is 25.8 Å². The number of cyclic esters (lactones) is 1. The minimum absolute atomic E-state index is 0.0296. The molecule has 0 aliphatic carbocycles. The van der Waals surface area contributed by atoms with E-state index in [0.717, 1.165) is 11.1 Å². The molecule has 194 valence electrons. The van der Waals surface area contributed by atoms with Crippen LogP contribution in [0.15, 0.2) is 108 Å². The Morgan fingerprint density at radius 3 is 2.18 bits per heavy atom. The van der Waals surface area contributed by atoms with E-state index < -0.39 is 10.9 Å². The van der Waals surface area contributed by atoms with Gasteiger partial charge in [0.2, 0.25) is 5.90 Å². The molecule has 0 N–H and O–H groups in total. The number of nitrogens with zero attached hydrogens (tertiary/aromatic N) is 2. The number of rotatable bonds is 9. The third-order valence-corrected chi connectivity index (χ3v) is 6.09. The average Bonchev–Trinajstić information content (AvgIpc) is 3.32. The third kappa shape index (κ3) is 6.31. The molecule has 0 amide bonds. The van der Waals surface area contributed by atoms with Crippen LogP contribution in [0.1, 0.15) is 22.3 Å². The molecule has 4 aromatic carbocycles. The van der Waals surface area contributed by atoms with E-state index in [9.17, 15) is 14.9 Å². The molecular weight excluding hydrogens is 520 g/mol. The Kier molecular flexibility index (Phi) is 7.65. The Balaban J connectivity index is 1.43. The first-order valence-corrected chi connectivity index (χ1v) is 12.3. The van der Waals surface area contributed by atoms with Crippen molar-refractivity contribution in [3.63, 3.8) is 0 Å². The maximum atomic E-state index is 12.6. The van der Waals surface area contributed by atoms with Gasteiger partial charge in [0.1, 0.15) is 24.7 Å². The van der Waals surface area contributed by atoms with Gasteiger partial charge >= 0.3 is 5.97 Å². The summed E-state index contributed by atoms with van der Waals surface area (Å²) in [5.41, 5.74) is 2.70. The van der Waals surface area contributed by atoms with Crippen LogP contribution in [-0.4, -0.2) is 16.8 Å². The summed E-state index contributed by atoms with van der Waals surface area (Å²) in [7, 11) is 0. The van der Waals surface area contributed by atoms with Crippen LogP contribution in [0.4, 0.5) is 5.69 Å². The largest absolute Gasteiger partial charge is 0.489 e. The highest BCUT2D eigenvalue weighted by atomic mass is 35.5. The van der Waals surface area contributed by atoms with E-state index in [2.05, 4.69) is 4.99 Å². The van der Waals surface area contributed by atoms with E-state index in [1.807, 2.05) is 60.7 Å². The quantitative estimate of drug-likeness (QED) is 0.101. The third-order valence-electron chi connectivity index (χ3n) is 5.78. The number of nitro benzene ring substituents is 1. The lowest BCUT2D eigenvalue weighted by Crippen LogP contribution is -2.06. The number of nitro groups is 1. The van der Waals surface area contributed by atoms with E-state index in [1.165, 1.54) is 18.2 Å². The van der Waals surface area contributed by atoms with Gasteiger partial charge in [0.15, 0.2) is 5.70 Å². The minimum Gasteiger partial charge on any atom is -0.489 e. The van der Waals surface area contributed by atoms with Gasteiger partial charge in [0, 0.05) is 23.8 Å². The first-order valence-electron chi connectivity index (χ1n) is 11.9. The molecule has 0 saturated heterocycles. The highest BCUT2D eigenvalue weighted by Gasteiger charge is 2.27. The van der Waals surface area contributed by atoms with Crippen molar-refractivity contribution in [2.24, 2.45) is 4.99 Å². The molecule has 0 bridgehead atoms. The first-order chi connectivity index (χ1) is 19.0. The number of ether oxygens (including phenoxy) is 3. The topological polar surface area (TPSA) is 100 Å². The van der Waals surface area contributed by atoms with E-state index in [0.29, 0.717) is 30.3 Å². The number of non-ortho nitro benzene ring substituents is 1. The molecule has 1 aliphatic rings. The van der Waals surface area contributed by atoms with Gasteiger partial charge in [-0.05, 0) is 35.4 Å². The molecule has 4 aromatic rings. The lowest BCUT2D eigenvalue weighted by atomic mass is 10.1. The SMILES string of the molecule is O=C1OC(c2ccc([N+](=O)[O-])cc2Cl)=N/C1=C/c1ccc(OCc2ccccc2)cc1OCc1ccccc1. The van der Waals surface area contributed by atoms with E-state index in [-0.39, 0.29) is 27.9 Å². The van der Waals surface area contributed by atoms with Crippen molar-refractivity contribution in [1.82, 2.24) is 0 Å². The molecule has 0 fully saturated rings. The molecule has 39 heavy (non-hydrogen) atoms. The predicted molar refractivity (Wildman–Crippen MR) is 147 cm³/mol. The molecule has 1 aliphatic heterocycles. The first kappa shape index (κ1) is 25.7. The fraction of sp³-hybridized carbons (Fsp3) is 0.0667. The Hall–Kier alpha value is -4.95. The lowest BCUT2D eigenvalue weighted by molar-refractivity contribution is -0.384. The van der Waals surface area contributed by atoms with Crippen molar-refractivity contribution in [2.75, 3.05) is 0 Å². The smallest absolute Gasteiger partial charge is 0.363 e. The molecule has 0 unspecified atom stereocenters. The Bertz CT molecular complexity index is 1590. The van der Waals surface area contributed by atoms with Gasteiger partial charge in [0.05, 0.1) is 15.5 Å². The monoisotopic (exact) mass is 540 g/mol. The highest BCUT2D eigenvalue weighted by molar-refractivity contribution is 6.34. The van der Waals surface area contributed by atoms with Gasteiger partial charge in [-0.1, -0.05) is 72.3 Å². The minimum atomic E-state index is -0.683. The van der Waals surface area contributed by atoms with Crippen molar-refractivity contribution in [3.8, 4) is 11.5 Å². The van der Waals surface area contributed by atoms with Crippen molar-refractivity contribution < 1.29 is 23.9 Å². The van der Waals surface area contributed by atoms with Crippen LogP contribution in [0.5, 0.6) is 11.5 Å². The van der Waals surface area contributed by atoms with Crippen molar-refractivity contribution in [1.29, 1.82) is 0 Å². The van der Waals surface area contributed by atoms with Crippen LogP contribution in [0.25, 0.3) is 6.08 Å². The zero-order valence-corrected chi connectivity index (χ0v) is 21.2. The fourth-order valence-electron chi connectivity index (χ4n) is 3.79. The molecular formula is C30H21ClN2O6.